The molecule has 0 aliphatic carbocycles. The normalized spacial score (nSPS) is 16.1. The van der Waals surface area contributed by atoms with Crippen molar-refractivity contribution in [3.05, 3.63) is 35.4 Å². The van der Waals surface area contributed by atoms with Gasteiger partial charge in [-0.3, -0.25) is 9.69 Å². The molecule has 1 fully saturated rings. The number of hydrogen-bond donors (Lipinski definition) is 2. The molecule has 1 heterocycles. The number of urea groups is 1. The number of carbonyl (C=O) groups is 2. The van der Waals surface area contributed by atoms with Gasteiger partial charge in [-0.2, -0.15) is 0 Å². The lowest BCUT2D eigenvalue weighted by atomic mass is 10.1. The van der Waals surface area contributed by atoms with Gasteiger partial charge in [-0.15, -0.1) is 0 Å². The van der Waals surface area contributed by atoms with Crippen LogP contribution in [-0.2, 0) is 17.8 Å². The average Bonchev–Trinajstić information content (AvgIpc) is 2.86. The molecule has 5 nitrogen and oxygen atoms in total. The van der Waals surface area contributed by atoms with Gasteiger partial charge < -0.3 is 10.2 Å². The van der Waals surface area contributed by atoms with Crippen LogP contribution in [0.3, 0.4) is 0 Å². The maximum Gasteiger partial charge on any atom is 0.324 e. The number of imide groups is 1. The van der Waals surface area contributed by atoms with Crippen molar-refractivity contribution in [1.29, 1.82) is 0 Å². The van der Waals surface area contributed by atoms with Gasteiger partial charge in [0.25, 0.3) is 5.91 Å². The van der Waals surface area contributed by atoms with Gasteiger partial charge in [0.15, 0.2) is 6.54 Å². The molecule has 1 aliphatic rings. The van der Waals surface area contributed by atoms with E-state index < -0.39 is 0 Å². The minimum Gasteiger partial charge on any atom is -0.336 e. The Bertz CT molecular complexity index is 484. The van der Waals surface area contributed by atoms with Crippen LogP contribution in [0.2, 0.25) is 0 Å². The molecule has 108 valence electrons. The summed E-state index contributed by atoms with van der Waals surface area (Å²) in [5.41, 5.74) is 2.52. The fourth-order valence-corrected chi connectivity index (χ4v) is 2.37. The first-order valence-corrected chi connectivity index (χ1v) is 7.07. The number of nitrogens with zero attached hydrogens (tertiary/aromatic N) is 1. The van der Waals surface area contributed by atoms with Crippen LogP contribution in [-0.4, -0.2) is 43.5 Å². The van der Waals surface area contributed by atoms with Crippen molar-refractivity contribution in [3.63, 3.8) is 0 Å². The van der Waals surface area contributed by atoms with Crippen molar-refractivity contribution in [3.8, 4) is 0 Å². The van der Waals surface area contributed by atoms with Crippen LogP contribution in [0.1, 0.15) is 18.1 Å². The summed E-state index contributed by atoms with van der Waals surface area (Å²) in [5.74, 6) is -0.109. The van der Waals surface area contributed by atoms with Gasteiger partial charge in [-0.1, -0.05) is 31.2 Å². The smallest absolute Gasteiger partial charge is 0.324 e. The summed E-state index contributed by atoms with van der Waals surface area (Å²) in [5, 5.41) is 2.64. The van der Waals surface area contributed by atoms with E-state index in [1.807, 2.05) is 7.05 Å². The third kappa shape index (κ3) is 3.57. The molecule has 0 bridgehead atoms. The molecule has 0 aromatic heterocycles. The largest absolute Gasteiger partial charge is 0.336 e. The maximum absolute atomic E-state index is 12.0. The molecule has 1 aliphatic heterocycles. The number of rotatable bonds is 5. The van der Waals surface area contributed by atoms with E-state index in [2.05, 4.69) is 36.5 Å². The van der Waals surface area contributed by atoms with Crippen molar-refractivity contribution >= 4 is 11.9 Å². The number of likely N-dealkylation sites (N-methyl/N-ethyl adjacent to an activating group) is 1. The first-order chi connectivity index (χ1) is 9.60. The fourth-order valence-electron chi connectivity index (χ4n) is 2.37. The zero-order valence-corrected chi connectivity index (χ0v) is 12.1. The highest BCUT2D eigenvalue weighted by molar-refractivity contribution is 5.96. The summed E-state index contributed by atoms with van der Waals surface area (Å²) in [6.07, 6.45) is 1.03. The Balaban J connectivity index is 1.86. The first-order valence-electron chi connectivity index (χ1n) is 7.07. The molecular formula is C15H22N3O2+. The standard InChI is InChI=1S/C15H21N3O2/c1-3-12-4-6-13(7-5-12)10-17(2)11-14(19)18-9-8-16-15(18)20/h4-7H,3,8-11H2,1-2H3,(H,16,20)/p+1. The monoisotopic (exact) mass is 276 g/mol. The first kappa shape index (κ1) is 14.5. The van der Waals surface area contributed by atoms with E-state index in [0.717, 1.165) is 17.9 Å². The molecule has 0 saturated carbocycles. The number of aryl methyl sites for hydroxylation is 1. The second-order valence-corrected chi connectivity index (χ2v) is 5.26. The summed E-state index contributed by atoms with van der Waals surface area (Å²) in [6.45, 7) is 4.29. The third-order valence-electron chi connectivity index (χ3n) is 3.55. The molecule has 1 aromatic carbocycles. The SMILES string of the molecule is CCc1ccc(C[NH+](C)CC(=O)N2CCNC2=O)cc1. The topological polar surface area (TPSA) is 53.9 Å². The highest BCUT2D eigenvalue weighted by atomic mass is 16.2. The predicted octanol–water partition coefficient (Wildman–Crippen LogP) is -0.184. The predicted molar refractivity (Wildman–Crippen MR) is 76.4 cm³/mol. The van der Waals surface area contributed by atoms with E-state index in [-0.39, 0.29) is 11.9 Å². The summed E-state index contributed by atoms with van der Waals surface area (Å²) >= 11 is 0. The number of nitrogens with one attached hydrogen (secondary N) is 2. The molecule has 5 heteroatoms. The van der Waals surface area contributed by atoms with Gasteiger partial charge in [0, 0.05) is 18.7 Å². The third-order valence-corrected chi connectivity index (χ3v) is 3.55. The Morgan fingerprint density at radius 3 is 2.50 bits per heavy atom. The lowest BCUT2D eigenvalue weighted by Crippen LogP contribution is -3.08. The van der Waals surface area contributed by atoms with Gasteiger partial charge in [-0.05, 0) is 12.0 Å². The van der Waals surface area contributed by atoms with Gasteiger partial charge >= 0.3 is 6.03 Å². The molecule has 0 radical (unpaired) electrons. The Kier molecular flexibility index (Phi) is 4.74. The average molecular weight is 276 g/mol. The highest BCUT2D eigenvalue weighted by Crippen LogP contribution is 2.03. The second kappa shape index (κ2) is 6.52. The van der Waals surface area contributed by atoms with E-state index in [9.17, 15) is 9.59 Å². The van der Waals surface area contributed by atoms with Gasteiger partial charge in [-0.25, -0.2) is 4.79 Å². The van der Waals surface area contributed by atoms with Crippen LogP contribution in [0.15, 0.2) is 24.3 Å². The zero-order valence-electron chi connectivity index (χ0n) is 12.1. The Morgan fingerprint density at radius 1 is 1.30 bits per heavy atom. The molecular weight excluding hydrogens is 254 g/mol. The van der Waals surface area contributed by atoms with Gasteiger partial charge in [0.1, 0.15) is 6.54 Å². The number of hydrogen-bond acceptors (Lipinski definition) is 2. The van der Waals surface area contributed by atoms with Crippen LogP contribution in [0.5, 0.6) is 0 Å². The minimum atomic E-state index is -0.268. The lowest BCUT2D eigenvalue weighted by Gasteiger charge is -2.17. The fraction of sp³-hybridized carbons (Fsp3) is 0.467. The molecule has 0 spiro atoms. The van der Waals surface area contributed by atoms with Crippen molar-refractivity contribution in [2.75, 3.05) is 26.7 Å². The zero-order chi connectivity index (χ0) is 14.5. The van der Waals surface area contributed by atoms with E-state index in [1.165, 1.54) is 16.0 Å². The minimum absolute atomic E-state index is 0.109. The molecule has 20 heavy (non-hydrogen) atoms. The molecule has 1 atom stereocenters. The van der Waals surface area contributed by atoms with Crippen molar-refractivity contribution < 1.29 is 14.5 Å². The Morgan fingerprint density at radius 2 is 1.95 bits per heavy atom. The van der Waals surface area contributed by atoms with Gasteiger partial charge in [0.05, 0.1) is 7.05 Å². The molecule has 3 amide bonds. The lowest BCUT2D eigenvalue weighted by molar-refractivity contribution is -0.885. The Labute approximate surface area is 119 Å². The summed E-state index contributed by atoms with van der Waals surface area (Å²) in [4.78, 5) is 25.8. The van der Waals surface area contributed by atoms with Crippen LogP contribution in [0.4, 0.5) is 4.79 Å². The summed E-state index contributed by atoms with van der Waals surface area (Å²) < 4.78 is 0. The molecule has 1 aromatic rings. The van der Waals surface area contributed by atoms with Crippen LogP contribution < -0.4 is 10.2 Å². The number of benzene rings is 1. The number of quaternary nitrogens is 1. The number of carbonyl (C=O) groups excluding carboxylic acids is 2. The quantitative estimate of drug-likeness (QED) is 0.783. The summed E-state index contributed by atoms with van der Waals surface area (Å²) in [6, 6.07) is 8.19. The molecule has 1 saturated heterocycles. The highest BCUT2D eigenvalue weighted by Gasteiger charge is 2.27. The van der Waals surface area contributed by atoms with E-state index in [1.54, 1.807) is 0 Å². The van der Waals surface area contributed by atoms with E-state index in [4.69, 9.17) is 0 Å². The van der Waals surface area contributed by atoms with Crippen molar-refractivity contribution in [1.82, 2.24) is 10.2 Å². The van der Waals surface area contributed by atoms with Crippen LogP contribution in [0.25, 0.3) is 0 Å². The maximum atomic E-state index is 12.0. The Hall–Kier alpha value is -1.88. The number of amides is 3. The summed E-state index contributed by atoms with van der Waals surface area (Å²) in [7, 11) is 1.97. The van der Waals surface area contributed by atoms with Crippen molar-refractivity contribution in [2.45, 2.75) is 19.9 Å². The molecule has 2 N–H and O–H groups in total. The van der Waals surface area contributed by atoms with Crippen LogP contribution >= 0.6 is 0 Å². The van der Waals surface area contributed by atoms with Crippen molar-refractivity contribution in [2.24, 2.45) is 0 Å². The molecule has 1 unspecified atom stereocenters. The second-order valence-electron chi connectivity index (χ2n) is 5.26. The van der Waals surface area contributed by atoms with Gasteiger partial charge in [0.2, 0.25) is 0 Å². The van der Waals surface area contributed by atoms with Crippen LogP contribution in [0, 0.1) is 0 Å². The molecule has 2 rings (SSSR count). The van der Waals surface area contributed by atoms with E-state index in [0.29, 0.717) is 19.6 Å². The van der Waals surface area contributed by atoms with E-state index >= 15 is 0 Å².